The van der Waals surface area contributed by atoms with Crippen LogP contribution in [0.2, 0.25) is 0 Å². The van der Waals surface area contributed by atoms with Gasteiger partial charge in [0, 0.05) is 62.4 Å². The number of rotatable bonds is 10. The molecule has 0 saturated carbocycles. The average molecular weight is 717 g/mol. The molecule has 5 N–H and O–H groups in total. The number of halogens is 1. The van der Waals surface area contributed by atoms with Gasteiger partial charge in [0.25, 0.3) is 0 Å². The SMILES string of the molecule is COc1cccc2c1C(=O)c1c(O)c3c(c(O)c1C2=O)CC(O)(/C(C)=N/N=C(\C)CCCO)CC3OC1CC(N=CN(C)C)C(O)C(C)O1.Cl. The summed E-state index contributed by atoms with van der Waals surface area (Å²) < 4.78 is 17.8. The van der Waals surface area contributed by atoms with Gasteiger partial charge in [0.15, 0.2) is 12.1 Å². The fourth-order valence-corrected chi connectivity index (χ4v) is 6.61. The van der Waals surface area contributed by atoms with Gasteiger partial charge >= 0.3 is 0 Å². The molecule has 15 heteroatoms. The lowest BCUT2D eigenvalue weighted by Gasteiger charge is -2.42. The van der Waals surface area contributed by atoms with Gasteiger partial charge in [0.2, 0.25) is 5.78 Å². The van der Waals surface area contributed by atoms with Crippen LogP contribution in [0.15, 0.2) is 33.4 Å². The number of hydrogen-bond acceptors (Lipinski definition) is 13. The highest BCUT2D eigenvalue weighted by Crippen LogP contribution is 2.52. The summed E-state index contributed by atoms with van der Waals surface area (Å²) in [6.45, 7) is 4.97. The first-order valence-corrected chi connectivity index (χ1v) is 16.2. The lowest BCUT2D eigenvalue weighted by Crippen LogP contribution is -2.49. The van der Waals surface area contributed by atoms with Crippen LogP contribution < -0.4 is 4.74 Å². The molecule has 0 spiro atoms. The number of methoxy groups -OCH3 is 1. The minimum absolute atomic E-state index is 0. The summed E-state index contributed by atoms with van der Waals surface area (Å²) in [4.78, 5) is 34.0. The molecule has 0 aromatic heterocycles. The Hall–Kier alpha value is -3.92. The summed E-state index contributed by atoms with van der Waals surface area (Å²) in [5.41, 5.74) is -1.79. The summed E-state index contributed by atoms with van der Waals surface area (Å²) >= 11 is 0. The molecule has 1 heterocycles. The number of aliphatic imine (C=N–C) groups is 1. The predicted octanol–water partition coefficient (Wildman–Crippen LogP) is 3.10. The molecule has 1 fully saturated rings. The van der Waals surface area contributed by atoms with Crippen LogP contribution in [-0.2, 0) is 15.9 Å². The van der Waals surface area contributed by atoms with Crippen LogP contribution in [0, 0.1) is 0 Å². The number of aliphatic hydroxyl groups excluding tert-OH is 2. The number of phenolic OH excluding ortho intramolecular Hbond substituents is 2. The number of benzene rings is 2. The second kappa shape index (κ2) is 15.5. The maximum atomic E-state index is 14.0. The second-order valence-corrected chi connectivity index (χ2v) is 13.1. The van der Waals surface area contributed by atoms with E-state index in [9.17, 15) is 30.0 Å². The Kier molecular flexibility index (Phi) is 12.1. The van der Waals surface area contributed by atoms with E-state index < -0.39 is 64.9 Å². The number of nitrogens with zero attached hydrogens (tertiary/aromatic N) is 4. The maximum absolute atomic E-state index is 14.0. The van der Waals surface area contributed by atoms with Crippen LogP contribution in [0.5, 0.6) is 17.2 Å². The fourth-order valence-electron chi connectivity index (χ4n) is 6.61. The molecular formula is C35H45ClN4O10. The first kappa shape index (κ1) is 38.9. The predicted molar refractivity (Wildman–Crippen MR) is 187 cm³/mol. The monoisotopic (exact) mass is 716 g/mol. The van der Waals surface area contributed by atoms with Crippen LogP contribution in [0.4, 0.5) is 0 Å². The number of aliphatic hydroxyl groups is 3. The Labute approximate surface area is 296 Å². The van der Waals surface area contributed by atoms with Gasteiger partial charge in [0.1, 0.15) is 29.0 Å². The molecule has 14 nitrogen and oxygen atoms in total. The van der Waals surface area contributed by atoms with E-state index in [1.807, 2.05) is 0 Å². The molecule has 0 bridgehead atoms. The van der Waals surface area contributed by atoms with Crippen molar-refractivity contribution in [3.05, 3.63) is 51.6 Å². The molecule has 1 aliphatic heterocycles. The van der Waals surface area contributed by atoms with Crippen molar-refractivity contribution in [3.63, 3.8) is 0 Å². The summed E-state index contributed by atoms with van der Waals surface area (Å²) in [7, 11) is 4.95. The summed E-state index contributed by atoms with van der Waals surface area (Å²) in [5, 5.41) is 64.2. The molecule has 2 aromatic carbocycles. The number of hydrogen-bond donors (Lipinski definition) is 5. The molecular weight excluding hydrogens is 672 g/mol. The molecule has 50 heavy (non-hydrogen) atoms. The number of fused-ring (bicyclic) bond motifs is 3. The summed E-state index contributed by atoms with van der Waals surface area (Å²) in [6.07, 6.45) is -1.64. The van der Waals surface area contributed by atoms with Crippen LogP contribution in [0.3, 0.4) is 0 Å². The molecule has 0 amide bonds. The Morgan fingerprint density at radius 2 is 1.80 bits per heavy atom. The number of ether oxygens (including phenoxy) is 3. The first-order valence-electron chi connectivity index (χ1n) is 16.2. The highest BCUT2D eigenvalue weighted by molar-refractivity contribution is 6.31. The van der Waals surface area contributed by atoms with E-state index in [1.165, 1.54) is 19.2 Å². The van der Waals surface area contributed by atoms with Crippen LogP contribution >= 0.6 is 12.4 Å². The molecule has 3 aliphatic rings. The molecule has 6 atom stereocenters. The molecule has 2 aromatic rings. The fraction of sp³-hybridized carbons (Fsp3) is 0.514. The van der Waals surface area contributed by atoms with E-state index in [4.69, 9.17) is 19.3 Å². The number of carbonyl (C=O) groups is 2. The molecule has 2 aliphatic carbocycles. The standard InChI is InChI=1S/C35H44N4O10.ClH/c1-17(9-8-12-40)37-38-19(3)35(46)14-21-27(24(15-35)49-25-13-22(36-16-39(4)5)30(41)18(2)48-25)34(45)29-28(32(21)43)31(42)20-10-7-11-23(47-6)26(20)33(29)44;/h7,10-11,16,18,22,24-25,30,40-41,43,45-46H,8-9,12-15H2,1-6H3;1H/b36-16?,37-17+,38-19+;. The Morgan fingerprint density at radius 1 is 1.10 bits per heavy atom. The minimum atomic E-state index is -1.79. The zero-order valence-corrected chi connectivity index (χ0v) is 29.7. The lowest BCUT2D eigenvalue weighted by molar-refractivity contribution is -0.245. The third-order valence-corrected chi connectivity index (χ3v) is 9.30. The van der Waals surface area contributed by atoms with Crippen LogP contribution in [0.1, 0.15) is 95.5 Å². The number of phenols is 2. The third kappa shape index (κ3) is 7.27. The zero-order chi connectivity index (χ0) is 35.8. The van der Waals surface area contributed by atoms with Gasteiger partial charge < -0.3 is 44.6 Å². The molecule has 5 rings (SSSR count). The van der Waals surface area contributed by atoms with Crippen molar-refractivity contribution in [3.8, 4) is 17.2 Å². The molecule has 0 radical (unpaired) electrons. The number of carbonyl (C=O) groups excluding carboxylic acids is 2. The molecule has 1 saturated heterocycles. The van der Waals surface area contributed by atoms with Gasteiger partial charge in [-0.2, -0.15) is 10.2 Å². The van der Waals surface area contributed by atoms with Gasteiger partial charge in [-0.1, -0.05) is 12.1 Å². The van der Waals surface area contributed by atoms with Crippen molar-refractivity contribution < 1.29 is 49.3 Å². The average Bonchev–Trinajstić information content (AvgIpc) is 3.06. The van der Waals surface area contributed by atoms with E-state index in [1.54, 1.807) is 52.2 Å². The van der Waals surface area contributed by atoms with Gasteiger partial charge in [-0.3, -0.25) is 14.6 Å². The van der Waals surface area contributed by atoms with E-state index in [-0.39, 0.29) is 77.6 Å². The van der Waals surface area contributed by atoms with Crippen molar-refractivity contribution in [2.24, 2.45) is 15.2 Å². The van der Waals surface area contributed by atoms with Gasteiger partial charge in [0.05, 0.1) is 54.1 Å². The van der Waals surface area contributed by atoms with Crippen molar-refractivity contribution in [2.45, 2.75) is 89.1 Å². The Morgan fingerprint density at radius 3 is 2.46 bits per heavy atom. The second-order valence-electron chi connectivity index (χ2n) is 13.1. The topological polar surface area (TPSA) is 203 Å². The van der Waals surface area contributed by atoms with Gasteiger partial charge in [-0.15, -0.1) is 12.4 Å². The number of ketones is 2. The van der Waals surface area contributed by atoms with E-state index in [2.05, 4.69) is 15.2 Å². The normalized spacial score (nSPS) is 26.6. The largest absolute Gasteiger partial charge is 0.507 e. The van der Waals surface area contributed by atoms with Gasteiger partial charge in [-0.25, -0.2) is 0 Å². The summed E-state index contributed by atoms with van der Waals surface area (Å²) in [5.74, 6) is -2.41. The highest BCUT2D eigenvalue weighted by atomic mass is 35.5. The molecule has 6 unspecified atom stereocenters. The minimum Gasteiger partial charge on any atom is -0.507 e. The highest BCUT2D eigenvalue weighted by Gasteiger charge is 2.49. The Balaban J connectivity index is 0.00000562. The molecule has 272 valence electrons. The van der Waals surface area contributed by atoms with Crippen molar-refractivity contribution in [2.75, 3.05) is 27.8 Å². The van der Waals surface area contributed by atoms with E-state index in [0.717, 1.165) is 0 Å². The smallest absolute Gasteiger partial charge is 0.202 e. The van der Waals surface area contributed by atoms with Crippen molar-refractivity contribution in [1.82, 2.24) is 4.90 Å². The lowest BCUT2D eigenvalue weighted by atomic mass is 9.72. The number of aromatic hydroxyl groups is 2. The van der Waals surface area contributed by atoms with Crippen LogP contribution in [-0.4, -0.2) is 118 Å². The van der Waals surface area contributed by atoms with Crippen molar-refractivity contribution >= 4 is 41.7 Å². The van der Waals surface area contributed by atoms with Gasteiger partial charge in [-0.05, 0) is 39.7 Å². The van der Waals surface area contributed by atoms with E-state index >= 15 is 0 Å². The summed E-state index contributed by atoms with van der Waals surface area (Å²) in [6, 6.07) is 3.91. The van der Waals surface area contributed by atoms with Crippen molar-refractivity contribution in [1.29, 1.82) is 0 Å². The quantitative estimate of drug-likeness (QED) is 0.0893. The van der Waals surface area contributed by atoms with E-state index in [0.29, 0.717) is 18.6 Å². The zero-order valence-electron chi connectivity index (χ0n) is 28.9. The maximum Gasteiger partial charge on any atom is 0.202 e. The third-order valence-electron chi connectivity index (χ3n) is 9.30. The van der Waals surface area contributed by atoms with Crippen LogP contribution in [0.25, 0.3) is 0 Å². The Bertz CT molecular complexity index is 1730. The first-order chi connectivity index (χ1) is 23.2.